The maximum Gasteiger partial charge on any atom is 0.407 e. The van der Waals surface area contributed by atoms with Crippen LogP contribution in [0, 0.1) is 0 Å². The van der Waals surface area contributed by atoms with Crippen LogP contribution in [-0.4, -0.2) is 63.2 Å². The molecule has 0 aromatic carbocycles. The Bertz CT molecular complexity index is 378. The van der Waals surface area contributed by atoms with Gasteiger partial charge in [0.1, 0.15) is 17.8 Å². The minimum atomic E-state index is -0.477. The Morgan fingerprint density at radius 3 is 2.28 bits per heavy atom. The van der Waals surface area contributed by atoms with Crippen LogP contribution in [0.4, 0.5) is 4.79 Å². The van der Waals surface area contributed by atoms with Crippen LogP contribution in [0.5, 0.6) is 0 Å². The van der Waals surface area contributed by atoms with Crippen LogP contribution in [0.3, 0.4) is 0 Å². The number of carbonyl (C=O) groups excluding carboxylic acids is 1. The topological polar surface area (TPSA) is 75.3 Å². The molecule has 0 aliphatic carbocycles. The number of ether oxygens (including phenoxy) is 5. The van der Waals surface area contributed by atoms with E-state index in [1.54, 1.807) is 7.11 Å². The lowest BCUT2D eigenvalue weighted by Gasteiger charge is -2.30. The first kappa shape index (κ1) is 24.1. The highest BCUT2D eigenvalue weighted by atomic mass is 16.8. The second kappa shape index (κ2) is 11.0. The summed E-state index contributed by atoms with van der Waals surface area (Å²) in [4.78, 5) is 10.5. The lowest BCUT2D eigenvalue weighted by molar-refractivity contribution is -0.158. The van der Waals surface area contributed by atoms with Crippen molar-refractivity contribution >= 4 is 6.09 Å². The summed E-state index contributed by atoms with van der Waals surface area (Å²) >= 11 is 0. The van der Waals surface area contributed by atoms with Crippen LogP contribution >= 0.6 is 0 Å². The molecule has 0 aromatic rings. The van der Waals surface area contributed by atoms with Gasteiger partial charge in [-0.2, -0.15) is 0 Å². The van der Waals surface area contributed by atoms with E-state index in [9.17, 15) is 4.79 Å². The van der Waals surface area contributed by atoms with Crippen molar-refractivity contribution in [3.8, 4) is 0 Å². The molecule has 0 radical (unpaired) electrons. The molecule has 0 spiro atoms. The van der Waals surface area contributed by atoms with Gasteiger partial charge in [0.2, 0.25) is 0 Å². The smallest absolute Gasteiger partial charge is 0.407 e. The van der Waals surface area contributed by atoms with Crippen molar-refractivity contribution < 1.29 is 28.5 Å². The minimum absolute atomic E-state index is 0.0144. The fourth-order valence-electron chi connectivity index (χ4n) is 2.47. The van der Waals surface area contributed by atoms with E-state index in [2.05, 4.69) is 5.32 Å². The molecule has 2 unspecified atom stereocenters. The number of hydrogen-bond donors (Lipinski definition) is 1. The van der Waals surface area contributed by atoms with Gasteiger partial charge in [-0.1, -0.05) is 13.8 Å². The Kier molecular flexibility index (Phi) is 10.6. The van der Waals surface area contributed by atoms with Gasteiger partial charge in [0.05, 0.1) is 12.7 Å². The largest absolute Gasteiger partial charge is 0.444 e. The highest BCUT2D eigenvalue weighted by molar-refractivity contribution is 5.67. The number of nitrogens with one attached hydrogen (secondary N) is 1. The van der Waals surface area contributed by atoms with Crippen LogP contribution in [0.2, 0.25) is 0 Å². The molecule has 3 atom stereocenters. The lowest BCUT2D eigenvalue weighted by Crippen LogP contribution is -2.45. The number of carbonyl (C=O) groups is 1. The number of rotatable bonds is 2. The average molecular weight is 363 g/mol. The minimum Gasteiger partial charge on any atom is -0.444 e. The molecule has 2 fully saturated rings. The van der Waals surface area contributed by atoms with Crippen LogP contribution in [0.25, 0.3) is 0 Å². The molecule has 0 saturated carbocycles. The molecular weight excluding hydrogens is 326 g/mol. The molecule has 25 heavy (non-hydrogen) atoms. The Hall–Kier alpha value is -0.890. The van der Waals surface area contributed by atoms with Gasteiger partial charge < -0.3 is 29.0 Å². The van der Waals surface area contributed by atoms with E-state index in [0.29, 0.717) is 6.61 Å². The second-order valence-electron chi connectivity index (χ2n) is 7.04. The predicted molar refractivity (Wildman–Crippen MR) is 96.7 cm³/mol. The van der Waals surface area contributed by atoms with Crippen LogP contribution in [-0.2, 0) is 23.7 Å². The first-order valence-corrected chi connectivity index (χ1v) is 8.95. The molecule has 2 aliphatic rings. The molecule has 2 saturated heterocycles. The molecule has 150 valence electrons. The van der Waals surface area contributed by atoms with Gasteiger partial charge in [-0.15, -0.1) is 0 Å². The molecule has 1 N–H and O–H groups in total. The zero-order chi connectivity index (χ0) is 19.7. The molecule has 2 heterocycles. The van der Waals surface area contributed by atoms with E-state index in [-0.39, 0.29) is 30.0 Å². The van der Waals surface area contributed by atoms with Gasteiger partial charge in [-0.3, -0.25) is 0 Å². The highest BCUT2D eigenvalue weighted by Crippen LogP contribution is 2.35. The normalized spacial score (nSPS) is 27.0. The van der Waals surface area contributed by atoms with E-state index in [0.717, 1.165) is 13.0 Å². The number of amides is 1. The van der Waals surface area contributed by atoms with Crippen LogP contribution in [0.1, 0.15) is 54.9 Å². The van der Waals surface area contributed by atoms with Crippen molar-refractivity contribution in [1.82, 2.24) is 5.32 Å². The third kappa shape index (κ3) is 9.39. The monoisotopic (exact) mass is 363 g/mol. The summed E-state index contributed by atoms with van der Waals surface area (Å²) in [6, 6.07) is 0. The van der Waals surface area contributed by atoms with E-state index in [4.69, 9.17) is 23.7 Å². The number of methoxy groups -OCH3 is 1. The van der Waals surface area contributed by atoms with Crippen molar-refractivity contribution in [2.24, 2.45) is 0 Å². The molecular formula is C18H37NO6. The predicted octanol–water partition coefficient (Wildman–Crippen LogP) is 3.11. The fourth-order valence-corrected chi connectivity index (χ4v) is 2.47. The van der Waals surface area contributed by atoms with E-state index in [1.807, 2.05) is 48.5 Å². The zero-order valence-electron chi connectivity index (χ0n) is 17.3. The SMILES string of the molecule is CC.CNC(=O)OC(C)(C)C.COCC1OCC[C@H]2OC(C)(C)OC12. The Morgan fingerprint density at radius 1 is 1.24 bits per heavy atom. The molecule has 1 amide bonds. The maximum atomic E-state index is 10.5. The van der Waals surface area contributed by atoms with Gasteiger partial charge in [-0.05, 0) is 41.0 Å². The van der Waals surface area contributed by atoms with Crippen LogP contribution in [0.15, 0.2) is 0 Å². The molecule has 2 rings (SSSR count). The van der Waals surface area contributed by atoms with E-state index in [1.165, 1.54) is 7.05 Å². The third-order valence-electron chi connectivity index (χ3n) is 3.26. The molecule has 2 aliphatic heterocycles. The molecule has 7 heteroatoms. The van der Waals surface area contributed by atoms with Crippen molar-refractivity contribution in [1.29, 1.82) is 0 Å². The Morgan fingerprint density at radius 2 is 1.84 bits per heavy atom. The first-order valence-electron chi connectivity index (χ1n) is 8.95. The van der Waals surface area contributed by atoms with Crippen molar-refractivity contribution in [3.05, 3.63) is 0 Å². The van der Waals surface area contributed by atoms with Crippen LogP contribution < -0.4 is 5.32 Å². The molecule has 0 bridgehead atoms. The summed E-state index contributed by atoms with van der Waals surface area (Å²) in [6.45, 7) is 14.6. The van der Waals surface area contributed by atoms with E-state index >= 15 is 0 Å². The third-order valence-corrected chi connectivity index (χ3v) is 3.26. The van der Waals surface area contributed by atoms with Crippen molar-refractivity contribution in [2.45, 2.75) is 84.6 Å². The molecule has 0 aromatic heterocycles. The quantitative estimate of drug-likeness (QED) is 0.812. The summed E-state index contributed by atoms with van der Waals surface area (Å²) in [5.41, 5.74) is -0.389. The fraction of sp³-hybridized carbons (Fsp3) is 0.944. The molecule has 7 nitrogen and oxygen atoms in total. The van der Waals surface area contributed by atoms with Crippen molar-refractivity contribution in [3.63, 3.8) is 0 Å². The van der Waals surface area contributed by atoms with Gasteiger partial charge in [0.15, 0.2) is 5.79 Å². The number of alkyl carbamates (subject to hydrolysis) is 1. The summed E-state index contributed by atoms with van der Waals surface area (Å²) in [7, 11) is 3.21. The summed E-state index contributed by atoms with van der Waals surface area (Å²) in [5.74, 6) is -0.477. The zero-order valence-corrected chi connectivity index (χ0v) is 17.3. The van der Waals surface area contributed by atoms with Gasteiger partial charge >= 0.3 is 6.09 Å². The second-order valence-corrected chi connectivity index (χ2v) is 7.04. The Balaban J connectivity index is 0.000000458. The number of hydrogen-bond acceptors (Lipinski definition) is 6. The first-order chi connectivity index (χ1) is 11.6. The van der Waals surface area contributed by atoms with Gasteiger partial charge in [0.25, 0.3) is 0 Å². The lowest BCUT2D eigenvalue weighted by atomic mass is 10.0. The maximum absolute atomic E-state index is 10.5. The number of fused-ring (bicyclic) bond motifs is 1. The summed E-state index contributed by atoms with van der Waals surface area (Å²) in [5, 5.41) is 2.36. The Labute approximate surface area is 152 Å². The van der Waals surface area contributed by atoms with Gasteiger partial charge in [0, 0.05) is 20.8 Å². The van der Waals surface area contributed by atoms with Gasteiger partial charge in [-0.25, -0.2) is 4.79 Å². The summed E-state index contributed by atoms with van der Waals surface area (Å²) < 4.78 is 27.1. The highest BCUT2D eigenvalue weighted by Gasteiger charge is 2.47. The standard InChI is InChI=1S/C10H18O4.C6H13NO2.C2H6/c1-10(2)13-7-4-5-12-8(6-11-3)9(7)14-10;1-6(2,3)9-5(8)7-4;1-2/h7-9H,4-6H2,1-3H3;1-4H3,(H,7,8);1-2H3/t7-,8?,9?;;/m1../s1. The van der Waals surface area contributed by atoms with E-state index < -0.39 is 5.79 Å². The summed E-state index contributed by atoms with van der Waals surface area (Å²) in [6.07, 6.45) is 0.731. The average Bonchev–Trinajstić information content (AvgIpc) is 2.83. The van der Waals surface area contributed by atoms with Crippen molar-refractivity contribution in [2.75, 3.05) is 27.4 Å².